The van der Waals surface area contributed by atoms with E-state index in [1.54, 1.807) is 16.9 Å². The highest BCUT2D eigenvalue weighted by Gasteiger charge is 2.18. The average molecular weight is 438 g/mol. The smallest absolute Gasteiger partial charge is 0.340 e. The van der Waals surface area contributed by atoms with Gasteiger partial charge in [0.15, 0.2) is 12.3 Å². The number of aryl methyl sites for hydroxylation is 2. The lowest BCUT2D eigenvalue weighted by Crippen LogP contribution is -2.37. The number of rotatable bonds is 7. The number of carbonyl (C=O) groups is 3. The molecule has 0 bridgehead atoms. The Kier molecular flexibility index (Phi) is 6.87. The summed E-state index contributed by atoms with van der Waals surface area (Å²) in [4.78, 5) is 42.5. The van der Waals surface area contributed by atoms with Crippen LogP contribution in [-0.2, 0) is 14.3 Å². The summed E-state index contributed by atoms with van der Waals surface area (Å²) in [7, 11) is 1.48. The first-order valence-electron chi connectivity index (χ1n) is 10.3. The third-order valence-corrected chi connectivity index (χ3v) is 5.04. The number of likely N-dealkylation sites (N-methyl/N-ethyl adjacent to an activating group) is 1. The number of hydrogen-bond acceptors (Lipinski definition) is 6. The van der Waals surface area contributed by atoms with Gasteiger partial charge in [-0.3, -0.25) is 9.59 Å². The molecule has 2 heterocycles. The van der Waals surface area contributed by atoms with Gasteiger partial charge >= 0.3 is 5.97 Å². The molecular weight excluding hydrogens is 410 g/mol. The molecule has 1 aromatic carbocycles. The lowest BCUT2D eigenvalue weighted by molar-refractivity contribution is -0.136. The van der Waals surface area contributed by atoms with Crippen LogP contribution in [0, 0.1) is 13.8 Å². The van der Waals surface area contributed by atoms with E-state index in [4.69, 9.17) is 4.74 Å². The van der Waals surface area contributed by atoms with E-state index in [9.17, 15) is 14.4 Å². The third kappa shape index (κ3) is 5.11. The summed E-state index contributed by atoms with van der Waals surface area (Å²) < 4.78 is 6.88. The second-order valence-corrected chi connectivity index (χ2v) is 7.96. The highest BCUT2D eigenvalue weighted by Crippen LogP contribution is 2.19. The van der Waals surface area contributed by atoms with Gasteiger partial charge in [0, 0.05) is 30.4 Å². The number of nitrogens with zero attached hydrogens (tertiary/aromatic N) is 4. The summed E-state index contributed by atoms with van der Waals surface area (Å²) in [5.41, 5.74) is 3.50. The number of benzene rings is 1. The van der Waals surface area contributed by atoms with Crippen molar-refractivity contribution in [3.63, 3.8) is 0 Å². The fraction of sp³-hybridized carbons (Fsp3) is 0.348. The fourth-order valence-electron chi connectivity index (χ4n) is 3.24. The van der Waals surface area contributed by atoms with Crippen molar-refractivity contribution < 1.29 is 19.1 Å². The maximum Gasteiger partial charge on any atom is 0.340 e. The van der Waals surface area contributed by atoms with Crippen LogP contribution in [0.2, 0.25) is 0 Å². The first-order valence-corrected chi connectivity index (χ1v) is 10.3. The van der Waals surface area contributed by atoms with Crippen molar-refractivity contribution in [1.29, 1.82) is 0 Å². The van der Waals surface area contributed by atoms with Gasteiger partial charge in [-0.1, -0.05) is 18.2 Å². The molecule has 3 rings (SSSR count). The number of anilines is 1. The van der Waals surface area contributed by atoms with Crippen molar-refractivity contribution in [3.8, 4) is 0 Å². The maximum absolute atomic E-state index is 12.4. The Bertz CT molecular complexity index is 1150. The third-order valence-electron chi connectivity index (χ3n) is 5.04. The largest absolute Gasteiger partial charge is 0.452 e. The molecule has 0 radical (unpaired) electrons. The molecule has 0 unspecified atom stereocenters. The van der Waals surface area contributed by atoms with E-state index in [-0.39, 0.29) is 24.1 Å². The predicted molar refractivity (Wildman–Crippen MR) is 120 cm³/mol. The SMILES string of the molecule is Cc1cccc(C)c1NC(=O)CN(C)C(=O)COC(=O)c1cnc2c(cnn2C(C)C)c1. The standard InChI is InChI=1S/C23H27N5O4/c1-14(2)28-22-17(11-25-28)9-18(10-24-22)23(31)32-13-20(30)27(5)12-19(29)26-21-15(3)7-6-8-16(21)4/h6-11,14H,12-13H2,1-5H3,(H,26,29). The minimum Gasteiger partial charge on any atom is -0.452 e. The molecule has 9 nitrogen and oxygen atoms in total. The summed E-state index contributed by atoms with van der Waals surface area (Å²) in [6, 6.07) is 7.47. The van der Waals surface area contributed by atoms with Crippen molar-refractivity contribution in [1.82, 2.24) is 19.7 Å². The molecule has 9 heteroatoms. The van der Waals surface area contributed by atoms with Gasteiger partial charge in [0.2, 0.25) is 5.91 Å². The van der Waals surface area contributed by atoms with Crippen LogP contribution in [0.1, 0.15) is 41.4 Å². The molecular formula is C23H27N5O4. The summed E-state index contributed by atoms with van der Waals surface area (Å²) in [5, 5.41) is 7.80. The van der Waals surface area contributed by atoms with Crippen LogP contribution >= 0.6 is 0 Å². The molecule has 0 atom stereocenters. The molecule has 0 aliphatic rings. The van der Waals surface area contributed by atoms with E-state index in [1.165, 1.54) is 18.1 Å². The second kappa shape index (κ2) is 9.59. The molecule has 0 saturated heterocycles. The number of carbonyl (C=O) groups excluding carboxylic acids is 3. The molecule has 0 spiro atoms. The van der Waals surface area contributed by atoms with E-state index in [2.05, 4.69) is 15.4 Å². The van der Waals surface area contributed by atoms with Crippen molar-refractivity contribution in [2.45, 2.75) is 33.7 Å². The van der Waals surface area contributed by atoms with Gasteiger partial charge < -0.3 is 15.0 Å². The number of para-hydroxylation sites is 1. The highest BCUT2D eigenvalue weighted by molar-refractivity contribution is 5.97. The molecule has 3 aromatic rings. The zero-order valence-electron chi connectivity index (χ0n) is 18.9. The average Bonchev–Trinajstić information content (AvgIpc) is 3.18. The number of nitrogens with one attached hydrogen (secondary N) is 1. The quantitative estimate of drug-likeness (QED) is 0.570. The molecule has 168 valence electrons. The van der Waals surface area contributed by atoms with Gasteiger partial charge in [-0.2, -0.15) is 5.10 Å². The topological polar surface area (TPSA) is 106 Å². The minimum absolute atomic E-state index is 0.137. The monoisotopic (exact) mass is 437 g/mol. The molecule has 2 aromatic heterocycles. The molecule has 0 fully saturated rings. The van der Waals surface area contributed by atoms with E-state index in [1.807, 2.05) is 45.9 Å². The summed E-state index contributed by atoms with van der Waals surface area (Å²) >= 11 is 0. The lowest BCUT2D eigenvalue weighted by Gasteiger charge is -2.18. The first kappa shape index (κ1) is 22.9. The van der Waals surface area contributed by atoms with E-state index in [0.717, 1.165) is 16.8 Å². The Morgan fingerprint density at radius 3 is 2.50 bits per heavy atom. The summed E-state index contributed by atoms with van der Waals surface area (Å²) in [6.07, 6.45) is 3.03. The first-order chi connectivity index (χ1) is 15.2. The van der Waals surface area contributed by atoms with Crippen molar-refractivity contribution in [3.05, 3.63) is 53.3 Å². The van der Waals surface area contributed by atoms with Crippen LogP contribution in [0.15, 0.2) is 36.7 Å². The number of pyridine rings is 1. The van der Waals surface area contributed by atoms with Gasteiger partial charge in [0.05, 0.1) is 18.3 Å². The molecule has 2 amide bonds. The number of fused-ring (bicyclic) bond motifs is 1. The maximum atomic E-state index is 12.4. The van der Waals surface area contributed by atoms with Crippen LogP contribution < -0.4 is 5.32 Å². The van der Waals surface area contributed by atoms with E-state index < -0.39 is 18.5 Å². The Hall–Kier alpha value is -3.75. The van der Waals surface area contributed by atoms with Gasteiger partial charge in [-0.05, 0) is 44.9 Å². The number of ether oxygens (including phenoxy) is 1. The molecule has 1 N–H and O–H groups in total. The highest BCUT2D eigenvalue weighted by atomic mass is 16.5. The van der Waals surface area contributed by atoms with Gasteiger partial charge in [0.25, 0.3) is 5.91 Å². The van der Waals surface area contributed by atoms with Gasteiger partial charge in [-0.15, -0.1) is 0 Å². The zero-order chi connectivity index (χ0) is 23.4. The summed E-state index contributed by atoms with van der Waals surface area (Å²) in [6.45, 7) is 7.14. The number of amides is 2. The van der Waals surface area contributed by atoms with Crippen LogP contribution in [0.4, 0.5) is 5.69 Å². The van der Waals surface area contributed by atoms with Crippen molar-refractivity contribution in [2.24, 2.45) is 0 Å². The van der Waals surface area contributed by atoms with Gasteiger partial charge in [-0.25, -0.2) is 14.5 Å². The lowest BCUT2D eigenvalue weighted by atomic mass is 10.1. The van der Waals surface area contributed by atoms with E-state index in [0.29, 0.717) is 11.0 Å². The molecule has 32 heavy (non-hydrogen) atoms. The minimum atomic E-state index is -0.668. The van der Waals surface area contributed by atoms with Crippen LogP contribution in [-0.4, -0.2) is 57.6 Å². The van der Waals surface area contributed by atoms with Gasteiger partial charge in [0.1, 0.15) is 0 Å². The van der Waals surface area contributed by atoms with Crippen molar-refractivity contribution >= 4 is 34.5 Å². The number of hydrogen-bond donors (Lipinski definition) is 1. The predicted octanol–water partition coefficient (Wildman–Crippen LogP) is 2.88. The molecule has 0 aliphatic carbocycles. The fourth-order valence-corrected chi connectivity index (χ4v) is 3.24. The Morgan fingerprint density at radius 2 is 1.84 bits per heavy atom. The molecule has 0 aliphatic heterocycles. The van der Waals surface area contributed by atoms with Crippen molar-refractivity contribution in [2.75, 3.05) is 25.5 Å². The Morgan fingerprint density at radius 1 is 1.16 bits per heavy atom. The normalized spacial score (nSPS) is 10.9. The number of esters is 1. The number of aromatic nitrogens is 3. The van der Waals surface area contributed by atoms with Crippen LogP contribution in [0.5, 0.6) is 0 Å². The second-order valence-electron chi connectivity index (χ2n) is 7.96. The van der Waals surface area contributed by atoms with E-state index >= 15 is 0 Å². The molecule has 0 saturated carbocycles. The Balaban J connectivity index is 1.54. The Labute approximate surface area is 186 Å². The zero-order valence-corrected chi connectivity index (χ0v) is 18.9. The summed E-state index contributed by atoms with van der Waals surface area (Å²) in [5.74, 6) is -1.49. The van der Waals surface area contributed by atoms with Crippen LogP contribution in [0.3, 0.4) is 0 Å². The van der Waals surface area contributed by atoms with Crippen LogP contribution in [0.25, 0.3) is 11.0 Å².